The lowest BCUT2D eigenvalue weighted by molar-refractivity contribution is -0.138. The van der Waals surface area contributed by atoms with Crippen LogP contribution in [0, 0.1) is 11.8 Å². The van der Waals surface area contributed by atoms with Gasteiger partial charge in [0.05, 0.1) is 6.04 Å². The third-order valence-corrected chi connectivity index (χ3v) is 6.02. The van der Waals surface area contributed by atoms with E-state index in [1.54, 1.807) is 0 Å². The SMILES string of the molecule is CC1CCN(C(=O)C(C)N2CCC(Cc3ccccc3)CC2)CC1. The molecule has 0 bridgehead atoms. The molecule has 1 aromatic carbocycles. The molecule has 132 valence electrons. The highest BCUT2D eigenvalue weighted by molar-refractivity contribution is 5.81. The maximum Gasteiger partial charge on any atom is 0.239 e. The molecule has 3 heteroatoms. The number of carbonyl (C=O) groups excluding carboxylic acids is 1. The van der Waals surface area contributed by atoms with Crippen LogP contribution in [0.15, 0.2) is 30.3 Å². The molecule has 0 aromatic heterocycles. The van der Waals surface area contributed by atoms with Crippen LogP contribution in [0.4, 0.5) is 0 Å². The minimum atomic E-state index is 0.0519. The Kier molecular flexibility index (Phi) is 5.94. The van der Waals surface area contributed by atoms with Crippen molar-refractivity contribution >= 4 is 5.91 Å². The van der Waals surface area contributed by atoms with Crippen molar-refractivity contribution in [3.05, 3.63) is 35.9 Å². The number of amides is 1. The molecule has 2 fully saturated rings. The Morgan fingerprint density at radius 3 is 2.29 bits per heavy atom. The van der Waals surface area contributed by atoms with E-state index in [-0.39, 0.29) is 6.04 Å². The minimum absolute atomic E-state index is 0.0519. The Morgan fingerprint density at radius 2 is 1.67 bits per heavy atom. The van der Waals surface area contributed by atoms with Crippen molar-refractivity contribution in [2.45, 2.75) is 52.0 Å². The summed E-state index contributed by atoms with van der Waals surface area (Å²) in [6.45, 7) is 8.44. The monoisotopic (exact) mass is 328 g/mol. The zero-order valence-electron chi connectivity index (χ0n) is 15.3. The number of nitrogens with zero attached hydrogens (tertiary/aromatic N) is 2. The number of hydrogen-bond donors (Lipinski definition) is 0. The van der Waals surface area contributed by atoms with E-state index in [1.165, 1.54) is 24.8 Å². The van der Waals surface area contributed by atoms with Crippen LogP contribution in [0.1, 0.15) is 45.1 Å². The molecule has 2 aliphatic heterocycles. The Labute approximate surface area is 147 Å². The van der Waals surface area contributed by atoms with Crippen LogP contribution in [0.2, 0.25) is 0 Å². The summed E-state index contributed by atoms with van der Waals surface area (Å²) in [5.74, 6) is 1.89. The van der Waals surface area contributed by atoms with Crippen LogP contribution in [-0.4, -0.2) is 47.9 Å². The average Bonchev–Trinajstić information content (AvgIpc) is 2.63. The fourth-order valence-corrected chi connectivity index (χ4v) is 4.14. The third-order valence-electron chi connectivity index (χ3n) is 6.02. The van der Waals surface area contributed by atoms with E-state index in [9.17, 15) is 4.79 Å². The molecular formula is C21H32N2O. The summed E-state index contributed by atoms with van der Waals surface area (Å²) >= 11 is 0. The second-order valence-electron chi connectivity index (χ2n) is 7.85. The van der Waals surface area contributed by atoms with Gasteiger partial charge in [-0.1, -0.05) is 37.3 Å². The smallest absolute Gasteiger partial charge is 0.239 e. The summed E-state index contributed by atoms with van der Waals surface area (Å²) < 4.78 is 0. The van der Waals surface area contributed by atoms with Gasteiger partial charge in [-0.3, -0.25) is 9.69 Å². The van der Waals surface area contributed by atoms with Crippen LogP contribution in [0.3, 0.4) is 0 Å². The van der Waals surface area contributed by atoms with Crippen molar-refractivity contribution in [1.29, 1.82) is 0 Å². The molecule has 3 nitrogen and oxygen atoms in total. The zero-order valence-corrected chi connectivity index (χ0v) is 15.3. The molecule has 24 heavy (non-hydrogen) atoms. The molecule has 0 saturated carbocycles. The van der Waals surface area contributed by atoms with E-state index in [2.05, 4.69) is 54.0 Å². The Balaban J connectivity index is 1.46. The van der Waals surface area contributed by atoms with Crippen molar-refractivity contribution in [1.82, 2.24) is 9.80 Å². The predicted octanol–water partition coefficient (Wildman–Crippen LogP) is 3.59. The number of likely N-dealkylation sites (tertiary alicyclic amines) is 2. The third kappa shape index (κ3) is 4.38. The molecule has 0 aliphatic carbocycles. The summed E-state index contributed by atoms with van der Waals surface area (Å²) in [6.07, 6.45) is 5.93. The van der Waals surface area contributed by atoms with Gasteiger partial charge in [0, 0.05) is 13.1 Å². The minimum Gasteiger partial charge on any atom is -0.341 e. The highest BCUT2D eigenvalue weighted by Crippen LogP contribution is 2.24. The van der Waals surface area contributed by atoms with E-state index in [4.69, 9.17) is 0 Å². The van der Waals surface area contributed by atoms with Gasteiger partial charge in [-0.2, -0.15) is 0 Å². The maximum absolute atomic E-state index is 12.8. The lowest BCUT2D eigenvalue weighted by Crippen LogP contribution is -2.51. The Morgan fingerprint density at radius 1 is 1.04 bits per heavy atom. The average molecular weight is 329 g/mol. The van der Waals surface area contributed by atoms with E-state index < -0.39 is 0 Å². The van der Waals surface area contributed by atoms with Crippen LogP contribution in [0.25, 0.3) is 0 Å². The topological polar surface area (TPSA) is 23.6 Å². The van der Waals surface area contributed by atoms with Gasteiger partial charge in [-0.05, 0) is 69.5 Å². The van der Waals surface area contributed by atoms with Gasteiger partial charge in [0.25, 0.3) is 0 Å². The molecular weight excluding hydrogens is 296 g/mol. The van der Waals surface area contributed by atoms with E-state index in [0.717, 1.165) is 50.9 Å². The summed E-state index contributed by atoms with van der Waals surface area (Å²) in [6, 6.07) is 10.9. The number of benzene rings is 1. The quantitative estimate of drug-likeness (QED) is 0.843. The second kappa shape index (κ2) is 8.15. The summed E-state index contributed by atoms with van der Waals surface area (Å²) in [4.78, 5) is 17.3. The highest BCUT2D eigenvalue weighted by atomic mass is 16.2. The molecule has 1 amide bonds. The second-order valence-corrected chi connectivity index (χ2v) is 7.85. The summed E-state index contributed by atoms with van der Waals surface area (Å²) in [5, 5.41) is 0. The molecule has 3 rings (SSSR count). The van der Waals surface area contributed by atoms with Gasteiger partial charge < -0.3 is 4.90 Å². The van der Waals surface area contributed by atoms with Gasteiger partial charge in [0.2, 0.25) is 5.91 Å². The number of rotatable bonds is 4. The van der Waals surface area contributed by atoms with Crippen molar-refractivity contribution in [3.63, 3.8) is 0 Å². The van der Waals surface area contributed by atoms with Crippen molar-refractivity contribution < 1.29 is 4.79 Å². The maximum atomic E-state index is 12.8. The Hall–Kier alpha value is -1.35. The molecule has 1 aromatic rings. The first kappa shape index (κ1) is 17.5. The lowest BCUT2D eigenvalue weighted by atomic mass is 9.89. The first-order valence-corrected chi connectivity index (χ1v) is 9.70. The lowest BCUT2D eigenvalue weighted by Gasteiger charge is -2.39. The molecule has 2 saturated heterocycles. The molecule has 1 unspecified atom stereocenters. The van der Waals surface area contributed by atoms with Crippen LogP contribution in [0.5, 0.6) is 0 Å². The molecule has 2 heterocycles. The summed E-state index contributed by atoms with van der Waals surface area (Å²) in [5.41, 5.74) is 1.45. The van der Waals surface area contributed by atoms with Crippen molar-refractivity contribution in [2.24, 2.45) is 11.8 Å². The molecule has 2 aliphatic rings. The molecule has 1 atom stereocenters. The zero-order chi connectivity index (χ0) is 16.9. The van der Waals surface area contributed by atoms with Gasteiger partial charge in [0.15, 0.2) is 0 Å². The van der Waals surface area contributed by atoms with E-state index >= 15 is 0 Å². The van der Waals surface area contributed by atoms with E-state index in [1.807, 2.05) is 0 Å². The van der Waals surface area contributed by atoms with Gasteiger partial charge in [-0.25, -0.2) is 0 Å². The van der Waals surface area contributed by atoms with Gasteiger partial charge >= 0.3 is 0 Å². The van der Waals surface area contributed by atoms with E-state index in [0.29, 0.717) is 5.91 Å². The molecule has 0 spiro atoms. The predicted molar refractivity (Wildman–Crippen MR) is 98.9 cm³/mol. The number of piperidine rings is 2. The van der Waals surface area contributed by atoms with Crippen LogP contribution < -0.4 is 0 Å². The van der Waals surface area contributed by atoms with Crippen molar-refractivity contribution in [2.75, 3.05) is 26.2 Å². The number of carbonyl (C=O) groups is 1. The van der Waals surface area contributed by atoms with Crippen LogP contribution in [-0.2, 0) is 11.2 Å². The highest BCUT2D eigenvalue weighted by Gasteiger charge is 2.30. The largest absolute Gasteiger partial charge is 0.341 e. The first-order valence-electron chi connectivity index (χ1n) is 9.70. The van der Waals surface area contributed by atoms with Crippen LogP contribution >= 0.6 is 0 Å². The Bertz CT molecular complexity index is 514. The standard InChI is InChI=1S/C21H32N2O/c1-17-8-12-23(13-9-17)21(24)18(2)22-14-10-20(11-15-22)16-19-6-4-3-5-7-19/h3-7,17-18,20H,8-16H2,1-2H3. The molecule has 0 N–H and O–H groups in total. The fourth-order valence-electron chi connectivity index (χ4n) is 4.14. The van der Waals surface area contributed by atoms with Crippen molar-refractivity contribution in [3.8, 4) is 0 Å². The number of hydrogen-bond acceptors (Lipinski definition) is 2. The summed E-state index contributed by atoms with van der Waals surface area (Å²) in [7, 11) is 0. The normalized spacial score (nSPS) is 22.5. The molecule has 0 radical (unpaired) electrons. The fraction of sp³-hybridized carbons (Fsp3) is 0.667. The first-order chi connectivity index (χ1) is 11.6. The van der Waals surface area contributed by atoms with Gasteiger partial charge in [-0.15, -0.1) is 0 Å². The van der Waals surface area contributed by atoms with Gasteiger partial charge in [0.1, 0.15) is 0 Å².